The maximum Gasteiger partial charge on any atom is 0.187 e. The standard InChI is InChI=1S/C23H36OSi2/c1-19(2)26(20(3)4,21(5)6)24-25(17-22-13-9-7-10-14-22)18-23-15-11-8-12-16-23/h7-16,19-21,25H,17-18H2,1-6H3. The molecule has 0 aliphatic heterocycles. The van der Waals surface area contributed by atoms with Crippen LogP contribution in [0.25, 0.3) is 0 Å². The van der Waals surface area contributed by atoms with Crippen molar-refractivity contribution in [2.45, 2.75) is 70.3 Å². The molecule has 1 nitrogen and oxygen atoms in total. The topological polar surface area (TPSA) is 9.23 Å². The first-order valence-electron chi connectivity index (χ1n) is 10.1. The van der Waals surface area contributed by atoms with E-state index in [1.807, 2.05) is 0 Å². The smallest absolute Gasteiger partial charge is 0.187 e. The van der Waals surface area contributed by atoms with Crippen LogP contribution < -0.4 is 0 Å². The molecule has 26 heavy (non-hydrogen) atoms. The summed E-state index contributed by atoms with van der Waals surface area (Å²) >= 11 is 0. The summed E-state index contributed by atoms with van der Waals surface area (Å²) in [5, 5.41) is 0. The lowest BCUT2D eigenvalue weighted by Gasteiger charge is -2.45. The van der Waals surface area contributed by atoms with Gasteiger partial charge in [-0.1, -0.05) is 102 Å². The molecule has 0 spiro atoms. The first-order chi connectivity index (χ1) is 12.4. The van der Waals surface area contributed by atoms with Gasteiger partial charge >= 0.3 is 0 Å². The van der Waals surface area contributed by atoms with E-state index < -0.39 is 17.4 Å². The Morgan fingerprint density at radius 3 is 1.31 bits per heavy atom. The van der Waals surface area contributed by atoms with E-state index in [0.29, 0.717) is 16.6 Å². The molecule has 3 heteroatoms. The molecule has 2 rings (SSSR count). The number of rotatable bonds is 9. The van der Waals surface area contributed by atoms with Crippen molar-refractivity contribution >= 4 is 17.4 Å². The van der Waals surface area contributed by atoms with Crippen molar-refractivity contribution in [3.05, 3.63) is 71.8 Å². The van der Waals surface area contributed by atoms with Crippen LogP contribution in [0.15, 0.2) is 60.7 Å². The molecule has 0 aromatic heterocycles. The van der Waals surface area contributed by atoms with Crippen LogP contribution in [0.4, 0.5) is 0 Å². The van der Waals surface area contributed by atoms with Crippen LogP contribution in [0.3, 0.4) is 0 Å². The van der Waals surface area contributed by atoms with E-state index in [9.17, 15) is 0 Å². The van der Waals surface area contributed by atoms with Crippen LogP contribution in [0, 0.1) is 0 Å². The lowest BCUT2D eigenvalue weighted by Crippen LogP contribution is -2.52. The molecule has 0 unspecified atom stereocenters. The molecule has 0 aliphatic rings. The monoisotopic (exact) mass is 384 g/mol. The minimum atomic E-state index is -1.84. The van der Waals surface area contributed by atoms with Gasteiger partial charge < -0.3 is 4.12 Å². The molecule has 2 aromatic rings. The Morgan fingerprint density at radius 2 is 1.00 bits per heavy atom. The summed E-state index contributed by atoms with van der Waals surface area (Å²) in [4.78, 5) is 0. The Balaban J connectivity index is 2.32. The van der Waals surface area contributed by atoms with Gasteiger partial charge in [0.2, 0.25) is 0 Å². The van der Waals surface area contributed by atoms with E-state index >= 15 is 0 Å². The summed E-state index contributed by atoms with van der Waals surface area (Å²) < 4.78 is 7.31. The Morgan fingerprint density at radius 1 is 0.654 bits per heavy atom. The number of hydrogen-bond donors (Lipinski definition) is 0. The first-order valence-corrected chi connectivity index (χ1v) is 14.4. The molecule has 0 saturated carbocycles. The molecule has 0 saturated heterocycles. The van der Waals surface area contributed by atoms with Gasteiger partial charge in [0.15, 0.2) is 17.4 Å². The summed E-state index contributed by atoms with van der Waals surface area (Å²) in [6.45, 7) is 14.3. The van der Waals surface area contributed by atoms with E-state index in [2.05, 4.69) is 102 Å². The zero-order valence-electron chi connectivity index (χ0n) is 17.4. The normalized spacial score (nSPS) is 12.5. The minimum Gasteiger partial charge on any atom is -0.456 e. The van der Waals surface area contributed by atoms with Gasteiger partial charge in [-0.25, -0.2) is 0 Å². The van der Waals surface area contributed by atoms with Gasteiger partial charge in [0.1, 0.15) is 0 Å². The van der Waals surface area contributed by atoms with E-state index in [0.717, 1.165) is 12.1 Å². The van der Waals surface area contributed by atoms with Crippen molar-refractivity contribution in [1.29, 1.82) is 0 Å². The number of hydrogen-bond acceptors (Lipinski definition) is 1. The van der Waals surface area contributed by atoms with Crippen LogP contribution in [-0.4, -0.2) is 17.4 Å². The van der Waals surface area contributed by atoms with Gasteiger partial charge in [-0.05, 0) is 39.8 Å². The van der Waals surface area contributed by atoms with Gasteiger partial charge in [0, 0.05) is 0 Å². The summed E-state index contributed by atoms with van der Waals surface area (Å²) in [5.74, 6) is 0. The molecule has 0 bridgehead atoms. The highest BCUT2D eigenvalue weighted by Crippen LogP contribution is 2.43. The zero-order chi connectivity index (χ0) is 19.2. The summed E-state index contributed by atoms with van der Waals surface area (Å²) in [6.07, 6.45) is 0. The quantitative estimate of drug-likeness (QED) is 0.450. The van der Waals surface area contributed by atoms with Gasteiger partial charge in [-0.2, -0.15) is 0 Å². The van der Waals surface area contributed by atoms with E-state index in [1.54, 1.807) is 0 Å². The van der Waals surface area contributed by atoms with E-state index in [-0.39, 0.29) is 0 Å². The lowest BCUT2D eigenvalue weighted by molar-refractivity contribution is 0.483. The average molecular weight is 385 g/mol. The fourth-order valence-electron chi connectivity index (χ4n) is 4.61. The number of benzene rings is 2. The van der Waals surface area contributed by atoms with Gasteiger partial charge in [0.25, 0.3) is 0 Å². The van der Waals surface area contributed by atoms with Crippen LogP contribution in [0.2, 0.25) is 16.6 Å². The highest BCUT2D eigenvalue weighted by atomic mass is 28.4. The molecule has 0 aliphatic carbocycles. The maximum atomic E-state index is 7.31. The van der Waals surface area contributed by atoms with Crippen molar-refractivity contribution in [1.82, 2.24) is 0 Å². The molecule has 0 atom stereocenters. The third-order valence-electron chi connectivity index (χ3n) is 5.69. The maximum absolute atomic E-state index is 7.31. The van der Waals surface area contributed by atoms with Crippen LogP contribution in [0.1, 0.15) is 52.7 Å². The van der Waals surface area contributed by atoms with Crippen molar-refractivity contribution in [3.8, 4) is 0 Å². The van der Waals surface area contributed by atoms with Crippen LogP contribution >= 0.6 is 0 Å². The SMILES string of the molecule is CC(C)[Si](O[SiH](Cc1ccccc1)Cc1ccccc1)(C(C)C)C(C)C. The highest BCUT2D eigenvalue weighted by Gasteiger charge is 2.46. The van der Waals surface area contributed by atoms with E-state index in [1.165, 1.54) is 11.1 Å². The third-order valence-corrected chi connectivity index (χ3v) is 15.9. The molecule has 0 amide bonds. The Labute approximate surface area is 163 Å². The molecular formula is C23H36OSi2. The van der Waals surface area contributed by atoms with Crippen molar-refractivity contribution < 1.29 is 4.12 Å². The Kier molecular flexibility index (Phi) is 7.87. The molecule has 0 radical (unpaired) electrons. The second kappa shape index (κ2) is 9.68. The lowest BCUT2D eigenvalue weighted by atomic mass is 10.2. The van der Waals surface area contributed by atoms with Crippen LogP contribution in [0.5, 0.6) is 0 Å². The summed E-state index contributed by atoms with van der Waals surface area (Å²) in [5.41, 5.74) is 4.79. The molecule has 2 aromatic carbocycles. The largest absolute Gasteiger partial charge is 0.456 e. The first kappa shape index (κ1) is 21.1. The Bertz CT molecular complexity index is 574. The van der Waals surface area contributed by atoms with Gasteiger partial charge in [-0.3, -0.25) is 0 Å². The fourth-order valence-corrected chi connectivity index (χ4v) is 16.6. The predicted octanol–water partition coefficient (Wildman–Crippen LogP) is 6.47. The van der Waals surface area contributed by atoms with Crippen molar-refractivity contribution in [3.63, 3.8) is 0 Å². The predicted molar refractivity (Wildman–Crippen MR) is 120 cm³/mol. The second-order valence-electron chi connectivity index (χ2n) is 8.44. The minimum absolute atomic E-state index is 0.643. The third kappa shape index (κ3) is 5.18. The highest BCUT2D eigenvalue weighted by molar-refractivity contribution is 6.83. The molecule has 142 valence electrons. The Hall–Kier alpha value is -1.17. The summed E-state index contributed by atoms with van der Waals surface area (Å²) in [7, 11) is -3.26. The zero-order valence-corrected chi connectivity index (χ0v) is 19.6. The molecule has 0 N–H and O–H groups in total. The van der Waals surface area contributed by atoms with E-state index in [4.69, 9.17) is 4.12 Å². The second-order valence-corrected chi connectivity index (χ2v) is 16.6. The van der Waals surface area contributed by atoms with Crippen molar-refractivity contribution in [2.24, 2.45) is 0 Å². The average Bonchev–Trinajstić information content (AvgIpc) is 2.60. The van der Waals surface area contributed by atoms with Crippen LogP contribution in [-0.2, 0) is 16.2 Å². The molecule has 0 heterocycles. The van der Waals surface area contributed by atoms with Gasteiger partial charge in [-0.15, -0.1) is 0 Å². The molecule has 0 fully saturated rings. The fraction of sp³-hybridized carbons (Fsp3) is 0.478. The van der Waals surface area contributed by atoms with Gasteiger partial charge in [0.05, 0.1) is 0 Å². The summed E-state index contributed by atoms with van der Waals surface area (Å²) in [6, 6.07) is 24.1. The molecular weight excluding hydrogens is 348 g/mol. The van der Waals surface area contributed by atoms with Crippen molar-refractivity contribution in [2.75, 3.05) is 0 Å².